The molecular formula is C12H17FN2O. The van der Waals surface area contributed by atoms with E-state index in [0.717, 1.165) is 5.56 Å². The quantitative estimate of drug-likeness (QED) is 0.815. The van der Waals surface area contributed by atoms with Gasteiger partial charge in [0.15, 0.2) is 0 Å². The monoisotopic (exact) mass is 224 g/mol. The fraction of sp³-hybridized carbons (Fsp3) is 0.417. The first-order chi connectivity index (χ1) is 7.54. The molecule has 1 aromatic carbocycles. The Hall–Kier alpha value is -1.42. The van der Waals surface area contributed by atoms with Crippen molar-refractivity contribution in [1.29, 1.82) is 0 Å². The molecule has 1 aromatic rings. The van der Waals surface area contributed by atoms with Gasteiger partial charge in [0.2, 0.25) is 5.91 Å². The predicted octanol–water partition coefficient (Wildman–Crippen LogP) is 1.61. The van der Waals surface area contributed by atoms with Crippen LogP contribution in [0, 0.1) is 5.82 Å². The summed E-state index contributed by atoms with van der Waals surface area (Å²) in [5.74, 6) is -0.345. The van der Waals surface area contributed by atoms with Crippen LogP contribution in [0.25, 0.3) is 0 Å². The third kappa shape index (κ3) is 3.31. The number of amides is 1. The Bertz CT molecular complexity index is 368. The van der Waals surface area contributed by atoms with Crippen LogP contribution in [0.5, 0.6) is 0 Å². The fourth-order valence-electron chi connectivity index (χ4n) is 1.54. The van der Waals surface area contributed by atoms with Gasteiger partial charge in [0.05, 0.1) is 6.04 Å². The van der Waals surface area contributed by atoms with Gasteiger partial charge in [-0.25, -0.2) is 4.39 Å². The van der Waals surface area contributed by atoms with Gasteiger partial charge in [0.1, 0.15) is 5.82 Å². The van der Waals surface area contributed by atoms with Crippen molar-refractivity contribution in [3.8, 4) is 0 Å². The first-order valence-corrected chi connectivity index (χ1v) is 5.27. The maximum absolute atomic E-state index is 13.0. The summed E-state index contributed by atoms with van der Waals surface area (Å²) in [5.41, 5.74) is 0.829. The normalized spacial score (nSPS) is 14.2. The summed E-state index contributed by atoms with van der Waals surface area (Å²) < 4.78 is 13.0. The first-order valence-electron chi connectivity index (χ1n) is 5.27. The maximum atomic E-state index is 13.0. The number of hydrogen-bond donors (Lipinski definition) is 2. The molecule has 0 saturated carbocycles. The number of carbonyl (C=O) groups excluding carboxylic acids is 1. The lowest BCUT2D eigenvalue weighted by atomic mass is 10.1. The molecular weight excluding hydrogens is 207 g/mol. The third-order valence-electron chi connectivity index (χ3n) is 2.49. The van der Waals surface area contributed by atoms with E-state index in [0.29, 0.717) is 0 Å². The maximum Gasteiger partial charge on any atom is 0.236 e. The smallest absolute Gasteiger partial charge is 0.236 e. The van der Waals surface area contributed by atoms with Gasteiger partial charge in [-0.1, -0.05) is 12.1 Å². The second kappa shape index (κ2) is 5.61. The molecule has 2 N–H and O–H groups in total. The molecule has 1 rings (SSSR count). The molecule has 16 heavy (non-hydrogen) atoms. The van der Waals surface area contributed by atoms with Gasteiger partial charge >= 0.3 is 0 Å². The van der Waals surface area contributed by atoms with Crippen molar-refractivity contribution in [3.63, 3.8) is 0 Å². The molecule has 0 heterocycles. The highest BCUT2D eigenvalue weighted by molar-refractivity contribution is 5.80. The van der Waals surface area contributed by atoms with Crippen molar-refractivity contribution in [3.05, 3.63) is 35.6 Å². The third-order valence-corrected chi connectivity index (χ3v) is 2.49. The van der Waals surface area contributed by atoms with Crippen molar-refractivity contribution in [2.75, 3.05) is 7.05 Å². The predicted molar refractivity (Wildman–Crippen MR) is 61.5 cm³/mol. The van der Waals surface area contributed by atoms with Gasteiger partial charge in [0.25, 0.3) is 0 Å². The van der Waals surface area contributed by atoms with Crippen LogP contribution < -0.4 is 10.6 Å². The number of carbonyl (C=O) groups is 1. The zero-order valence-electron chi connectivity index (χ0n) is 9.75. The summed E-state index contributed by atoms with van der Waals surface area (Å²) in [6.07, 6.45) is 0. The van der Waals surface area contributed by atoms with Crippen molar-refractivity contribution in [2.24, 2.45) is 0 Å². The van der Waals surface area contributed by atoms with Crippen molar-refractivity contribution in [2.45, 2.75) is 25.9 Å². The molecule has 4 heteroatoms. The van der Waals surface area contributed by atoms with E-state index in [2.05, 4.69) is 10.6 Å². The minimum Gasteiger partial charge on any atom is -0.358 e. The lowest BCUT2D eigenvalue weighted by Crippen LogP contribution is -2.41. The first kappa shape index (κ1) is 12.6. The van der Waals surface area contributed by atoms with E-state index >= 15 is 0 Å². The van der Waals surface area contributed by atoms with Gasteiger partial charge in [-0.05, 0) is 31.5 Å². The number of benzene rings is 1. The minimum atomic E-state index is -0.303. The summed E-state index contributed by atoms with van der Waals surface area (Å²) in [4.78, 5) is 11.3. The second-order valence-electron chi connectivity index (χ2n) is 3.78. The largest absolute Gasteiger partial charge is 0.358 e. The molecule has 0 aliphatic heterocycles. The highest BCUT2D eigenvalue weighted by atomic mass is 19.1. The Morgan fingerprint density at radius 2 is 2.06 bits per heavy atom. The molecule has 0 fully saturated rings. The lowest BCUT2D eigenvalue weighted by Gasteiger charge is -2.19. The molecule has 3 nitrogen and oxygen atoms in total. The van der Waals surface area contributed by atoms with Crippen molar-refractivity contribution < 1.29 is 9.18 Å². The highest BCUT2D eigenvalue weighted by Gasteiger charge is 2.14. The molecule has 1 amide bonds. The van der Waals surface area contributed by atoms with Gasteiger partial charge in [-0.15, -0.1) is 0 Å². The van der Waals surface area contributed by atoms with Crippen LogP contribution in [0.3, 0.4) is 0 Å². The van der Waals surface area contributed by atoms with Gasteiger partial charge < -0.3 is 5.32 Å². The SMILES string of the molecule is CNC(=O)[C@@H](C)NC(C)c1cccc(F)c1. The van der Waals surface area contributed by atoms with Crippen LogP contribution in [-0.4, -0.2) is 19.0 Å². The summed E-state index contributed by atoms with van der Waals surface area (Å²) in [6.45, 7) is 3.67. The van der Waals surface area contributed by atoms with E-state index in [-0.39, 0.29) is 23.8 Å². The van der Waals surface area contributed by atoms with Crippen LogP contribution in [-0.2, 0) is 4.79 Å². The van der Waals surface area contributed by atoms with Gasteiger partial charge in [0, 0.05) is 13.1 Å². The number of nitrogens with one attached hydrogen (secondary N) is 2. The fourth-order valence-corrected chi connectivity index (χ4v) is 1.54. The van der Waals surface area contributed by atoms with E-state index in [4.69, 9.17) is 0 Å². The molecule has 0 aromatic heterocycles. The van der Waals surface area contributed by atoms with Gasteiger partial charge in [-0.2, -0.15) is 0 Å². The Kier molecular flexibility index (Phi) is 4.43. The molecule has 0 radical (unpaired) electrons. The van der Waals surface area contributed by atoms with Crippen LogP contribution in [0.1, 0.15) is 25.5 Å². The molecule has 0 aliphatic carbocycles. The van der Waals surface area contributed by atoms with E-state index in [1.807, 2.05) is 13.0 Å². The van der Waals surface area contributed by atoms with Crippen LogP contribution in [0.15, 0.2) is 24.3 Å². The number of rotatable bonds is 4. The number of halogens is 1. The number of hydrogen-bond acceptors (Lipinski definition) is 2. The Morgan fingerprint density at radius 3 is 2.62 bits per heavy atom. The molecule has 88 valence electrons. The van der Waals surface area contributed by atoms with Gasteiger partial charge in [-0.3, -0.25) is 10.1 Å². The molecule has 0 aliphatic rings. The average molecular weight is 224 g/mol. The molecule has 1 unspecified atom stereocenters. The van der Waals surface area contributed by atoms with Crippen molar-refractivity contribution in [1.82, 2.24) is 10.6 Å². The van der Waals surface area contributed by atoms with Crippen LogP contribution >= 0.6 is 0 Å². The van der Waals surface area contributed by atoms with Crippen LogP contribution in [0.4, 0.5) is 4.39 Å². The summed E-state index contributed by atoms with van der Waals surface area (Å²) in [6, 6.07) is 5.99. The molecule has 0 spiro atoms. The van der Waals surface area contributed by atoms with E-state index in [1.54, 1.807) is 20.0 Å². The van der Waals surface area contributed by atoms with Crippen LogP contribution in [0.2, 0.25) is 0 Å². The molecule has 2 atom stereocenters. The average Bonchev–Trinajstić information content (AvgIpc) is 2.27. The van der Waals surface area contributed by atoms with E-state index in [1.165, 1.54) is 12.1 Å². The van der Waals surface area contributed by atoms with E-state index < -0.39 is 0 Å². The standard InChI is InChI=1S/C12H17FN2O/c1-8(15-9(2)12(16)14-3)10-5-4-6-11(13)7-10/h4-9,15H,1-3H3,(H,14,16)/t8?,9-/m1/s1. The molecule has 0 saturated heterocycles. The number of likely N-dealkylation sites (N-methyl/N-ethyl adjacent to an activating group) is 1. The highest BCUT2D eigenvalue weighted by Crippen LogP contribution is 2.13. The summed E-state index contributed by atoms with van der Waals surface area (Å²) >= 11 is 0. The Morgan fingerprint density at radius 1 is 1.38 bits per heavy atom. The Balaban J connectivity index is 2.65. The zero-order chi connectivity index (χ0) is 12.1. The topological polar surface area (TPSA) is 41.1 Å². The second-order valence-corrected chi connectivity index (χ2v) is 3.78. The van der Waals surface area contributed by atoms with E-state index in [9.17, 15) is 9.18 Å². The minimum absolute atomic E-state index is 0.0667. The van der Waals surface area contributed by atoms with Crippen molar-refractivity contribution >= 4 is 5.91 Å². The molecule has 0 bridgehead atoms. The zero-order valence-corrected chi connectivity index (χ0v) is 9.75. The summed E-state index contributed by atoms with van der Waals surface area (Å²) in [7, 11) is 1.59. The summed E-state index contributed by atoms with van der Waals surface area (Å²) in [5, 5.41) is 5.65. The Labute approximate surface area is 95.0 Å². The lowest BCUT2D eigenvalue weighted by molar-refractivity contribution is -0.122.